The summed E-state index contributed by atoms with van der Waals surface area (Å²) in [5, 5.41) is 3.69. The number of benzene rings is 2. The van der Waals surface area contributed by atoms with E-state index in [0.717, 1.165) is 11.4 Å². The summed E-state index contributed by atoms with van der Waals surface area (Å²) < 4.78 is 5.05. The second-order valence-electron chi connectivity index (χ2n) is 4.08. The topological polar surface area (TPSA) is 38.3 Å². The molecule has 0 unspecified atom stereocenters. The fraction of sp³-hybridized carbons (Fsp3) is 0.0625. The smallest absolute Gasteiger partial charge is 0.187 e. The predicted octanol–water partition coefficient (Wildman–Crippen LogP) is 4.16. The number of ether oxygens (including phenoxy) is 1. The lowest BCUT2D eigenvalue weighted by Crippen LogP contribution is -1.96. The molecule has 0 saturated heterocycles. The average molecular weight is 288 g/mol. The Morgan fingerprint density at radius 2 is 1.75 bits per heavy atom. The van der Waals surface area contributed by atoms with E-state index in [0.29, 0.717) is 10.6 Å². The number of nitrogens with one attached hydrogen (secondary N) is 1. The Bertz CT molecular complexity index is 603. The predicted molar refractivity (Wildman–Crippen MR) is 81.5 cm³/mol. The van der Waals surface area contributed by atoms with Crippen molar-refractivity contribution < 1.29 is 9.53 Å². The van der Waals surface area contributed by atoms with Gasteiger partial charge in [0.25, 0.3) is 0 Å². The molecule has 0 saturated carbocycles. The largest absolute Gasteiger partial charge is 0.497 e. The molecule has 0 aromatic heterocycles. The molecule has 0 aliphatic rings. The molecule has 0 spiro atoms. The zero-order chi connectivity index (χ0) is 14.4. The van der Waals surface area contributed by atoms with Gasteiger partial charge in [0.2, 0.25) is 0 Å². The highest BCUT2D eigenvalue weighted by atomic mass is 35.5. The van der Waals surface area contributed by atoms with E-state index in [-0.39, 0.29) is 5.78 Å². The number of anilines is 1. The van der Waals surface area contributed by atoms with E-state index in [9.17, 15) is 4.79 Å². The van der Waals surface area contributed by atoms with Gasteiger partial charge in [-0.3, -0.25) is 4.79 Å². The number of hydrogen-bond donors (Lipinski definition) is 1. The molecular weight excluding hydrogens is 274 g/mol. The van der Waals surface area contributed by atoms with Crippen molar-refractivity contribution in [2.24, 2.45) is 0 Å². The minimum Gasteiger partial charge on any atom is -0.497 e. The highest BCUT2D eigenvalue weighted by Crippen LogP contribution is 2.14. The van der Waals surface area contributed by atoms with E-state index in [4.69, 9.17) is 16.3 Å². The van der Waals surface area contributed by atoms with Crippen molar-refractivity contribution in [1.29, 1.82) is 0 Å². The number of halogens is 1. The van der Waals surface area contributed by atoms with Gasteiger partial charge in [0, 0.05) is 28.5 Å². The molecule has 20 heavy (non-hydrogen) atoms. The highest BCUT2D eigenvalue weighted by molar-refractivity contribution is 6.30. The SMILES string of the molecule is COc1ccc(C(=O)C=CNc2ccc(Cl)cc2)cc1. The van der Waals surface area contributed by atoms with Gasteiger partial charge in [-0.1, -0.05) is 11.6 Å². The number of methoxy groups -OCH3 is 1. The van der Waals surface area contributed by atoms with Crippen molar-refractivity contribution in [2.75, 3.05) is 12.4 Å². The van der Waals surface area contributed by atoms with Crippen LogP contribution in [0.2, 0.25) is 5.02 Å². The van der Waals surface area contributed by atoms with E-state index >= 15 is 0 Å². The normalized spacial score (nSPS) is 10.5. The lowest BCUT2D eigenvalue weighted by atomic mass is 10.1. The third kappa shape index (κ3) is 3.87. The van der Waals surface area contributed by atoms with Crippen molar-refractivity contribution in [3.8, 4) is 5.75 Å². The van der Waals surface area contributed by atoms with Crippen molar-refractivity contribution in [3.05, 3.63) is 71.4 Å². The molecular formula is C16H14ClNO2. The molecule has 4 heteroatoms. The second kappa shape index (κ2) is 6.78. The summed E-state index contributed by atoms with van der Waals surface area (Å²) >= 11 is 5.79. The molecule has 0 bridgehead atoms. The Morgan fingerprint density at radius 3 is 2.35 bits per heavy atom. The maximum atomic E-state index is 11.9. The van der Waals surface area contributed by atoms with E-state index in [1.165, 1.54) is 6.08 Å². The maximum Gasteiger partial charge on any atom is 0.187 e. The van der Waals surface area contributed by atoms with Gasteiger partial charge in [0.1, 0.15) is 5.75 Å². The fourth-order valence-electron chi connectivity index (χ4n) is 1.61. The molecule has 0 fully saturated rings. The maximum absolute atomic E-state index is 11.9. The zero-order valence-electron chi connectivity index (χ0n) is 11.0. The van der Waals surface area contributed by atoms with Gasteiger partial charge in [-0.05, 0) is 48.5 Å². The molecule has 0 atom stereocenters. The fourth-order valence-corrected chi connectivity index (χ4v) is 1.74. The van der Waals surface area contributed by atoms with Crippen LogP contribution in [0.3, 0.4) is 0 Å². The highest BCUT2D eigenvalue weighted by Gasteiger charge is 2.01. The van der Waals surface area contributed by atoms with Crippen LogP contribution in [-0.2, 0) is 0 Å². The monoisotopic (exact) mass is 287 g/mol. The minimum absolute atomic E-state index is 0.0749. The van der Waals surface area contributed by atoms with Gasteiger partial charge in [-0.2, -0.15) is 0 Å². The number of ketones is 1. The number of allylic oxidation sites excluding steroid dienone is 1. The zero-order valence-corrected chi connectivity index (χ0v) is 11.7. The number of carbonyl (C=O) groups is 1. The van der Waals surface area contributed by atoms with Crippen molar-refractivity contribution >= 4 is 23.1 Å². The van der Waals surface area contributed by atoms with Crippen molar-refractivity contribution in [1.82, 2.24) is 0 Å². The standard InChI is InChI=1S/C16H14ClNO2/c1-20-15-8-2-12(3-9-15)16(19)10-11-18-14-6-4-13(17)5-7-14/h2-11,18H,1H3. The lowest BCUT2D eigenvalue weighted by Gasteiger charge is -2.01. The number of carbonyl (C=O) groups excluding carboxylic acids is 1. The molecule has 2 aromatic rings. The molecule has 102 valence electrons. The average Bonchev–Trinajstić information content (AvgIpc) is 2.49. The van der Waals surface area contributed by atoms with Crippen LogP contribution in [0, 0.1) is 0 Å². The van der Waals surface area contributed by atoms with E-state index in [1.807, 2.05) is 12.1 Å². The van der Waals surface area contributed by atoms with Crippen LogP contribution in [-0.4, -0.2) is 12.9 Å². The molecule has 0 aliphatic heterocycles. The number of hydrogen-bond acceptors (Lipinski definition) is 3. The summed E-state index contributed by atoms with van der Waals surface area (Å²) in [4.78, 5) is 11.9. The number of rotatable bonds is 5. The van der Waals surface area contributed by atoms with Gasteiger partial charge in [0.05, 0.1) is 7.11 Å². The molecule has 0 heterocycles. The first kappa shape index (κ1) is 14.2. The van der Waals surface area contributed by atoms with Gasteiger partial charge < -0.3 is 10.1 Å². The minimum atomic E-state index is -0.0749. The second-order valence-corrected chi connectivity index (χ2v) is 4.51. The Kier molecular flexibility index (Phi) is 4.80. The summed E-state index contributed by atoms with van der Waals surface area (Å²) in [5.74, 6) is 0.652. The van der Waals surface area contributed by atoms with Crippen LogP contribution >= 0.6 is 11.6 Å². The van der Waals surface area contributed by atoms with E-state index in [2.05, 4.69) is 5.32 Å². The van der Waals surface area contributed by atoms with Gasteiger partial charge in [0.15, 0.2) is 5.78 Å². The molecule has 3 nitrogen and oxygen atoms in total. The van der Waals surface area contributed by atoms with E-state index in [1.54, 1.807) is 49.7 Å². The van der Waals surface area contributed by atoms with E-state index < -0.39 is 0 Å². The van der Waals surface area contributed by atoms with Crippen molar-refractivity contribution in [3.63, 3.8) is 0 Å². The van der Waals surface area contributed by atoms with Gasteiger partial charge in [-0.25, -0.2) is 0 Å². The Balaban J connectivity index is 1.96. The molecule has 0 amide bonds. The quantitative estimate of drug-likeness (QED) is 0.663. The summed E-state index contributed by atoms with van der Waals surface area (Å²) in [7, 11) is 1.59. The van der Waals surface area contributed by atoms with Crippen LogP contribution < -0.4 is 10.1 Å². The molecule has 0 aliphatic carbocycles. The molecule has 0 radical (unpaired) electrons. The summed E-state index contributed by atoms with van der Waals surface area (Å²) in [6.45, 7) is 0. The van der Waals surface area contributed by atoms with Crippen LogP contribution in [0.1, 0.15) is 10.4 Å². The van der Waals surface area contributed by atoms with Crippen LogP contribution in [0.4, 0.5) is 5.69 Å². The van der Waals surface area contributed by atoms with Crippen LogP contribution in [0.5, 0.6) is 5.75 Å². The Labute approximate surface area is 122 Å². The molecule has 1 N–H and O–H groups in total. The Morgan fingerprint density at radius 1 is 1.10 bits per heavy atom. The van der Waals surface area contributed by atoms with Crippen molar-refractivity contribution in [2.45, 2.75) is 0 Å². The van der Waals surface area contributed by atoms with Crippen LogP contribution in [0.15, 0.2) is 60.8 Å². The third-order valence-corrected chi connectivity index (χ3v) is 2.96. The third-order valence-electron chi connectivity index (χ3n) is 2.70. The molecule has 2 rings (SSSR count). The first-order chi connectivity index (χ1) is 9.69. The summed E-state index contributed by atoms with van der Waals surface area (Å²) in [5.41, 5.74) is 1.48. The first-order valence-electron chi connectivity index (χ1n) is 6.06. The first-order valence-corrected chi connectivity index (χ1v) is 6.44. The summed E-state index contributed by atoms with van der Waals surface area (Å²) in [6.07, 6.45) is 3.09. The molecule has 2 aromatic carbocycles. The Hall–Kier alpha value is -2.26. The van der Waals surface area contributed by atoms with Gasteiger partial charge >= 0.3 is 0 Å². The van der Waals surface area contributed by atoms with Gasteiger partial charge in [-0.15, -0.1) is 0 Å². The van der Waals surface area contributed by atoms with Crippen LogP contribution in [0.25, 0.3) is 0 Å². The summed E-state index contributed by atoms with van der Waals surface area (Å²) in [6, 6.07) is 14.2. The lowest BCUT2D eigenvalue weighted by molar-refractivity contribution is 0.104.